The minimum absolute atomic E-state index is 0.478. The Kier molecular flexibility index (Phi) is 1.95. The Morgan fingerprint density at radius 1 is 1.50 bits per heavy atom. The highest BCUT2D eigenvalue weighted by atomic mass is 16.5. The first-order valence-corrected chi connectivity index (χ1v) is 5.26. The van der Waals surface area contributed by atoms with Gasteiger partial charge in [0.2, 0.25) is 0 Å². The zero-order valence-corrected chi connectivity index (χ0v) is 8.76. The van der Waals surface area contributed by atoms with Crippen LogP contribution in [0.5, 0.6) is 0 Å². The van der Waals surface area contributed by atoms with Gasteiger partial charge in [0.05, 0.1) is 12.7 Å². The van der Waals surface area contributed by atoms with Gasteiger partial charge in [0, 0.05) is 25.2 Å². The van der Waals surface area contributed by atoms with Crippen LogP contribution in [0.25, 0.3) is 5.65 Å². The zero-order chi connectivity index (χ0) is 11.0. The average Bonchev–Trinajstić information content (AvgIpc) is 2.97. The van der Waals surface area contributed by atoms with Gasteiger partial charge >= 0.3 is 0 Å². The predicted octanol–water partition coefficient (Wildman–Crippen LogP) is 1.52. The first-order chi connectivity index (χ1) is 7.84. The van der Waals surface area contributed by atoms with Gasteiger partial charge in [0.25, 0.3) is 0 Å². The lowest BCUT2D eigenvalue weighted by Crippen LogP contribution is -2.24. The Bertz CT molecular complexity index is 561. The van der Waals surface area contributed by atoms with Crippen LogP contribution in [0.2, 0.25) is 0 Å². The standard InChI is InChI=1S/C12H11N3O/c13-8-12(2-6-16-9-12)10-1-4-15-5-3-14-11(15)7-10/h1,3-5,7H,2,6,9H2. The molecule has 1 fully saturated rings. The zero-order valence-electron chi connectivity index (χ0n) is 8.76. The van der Waals surface area contributed by atoms with Crippen molar-refractivity contribution < 1.29 is 4.74 Å². The van der Waals surface area contributed by atoms with Crippen LogP contribution in [0.1, 0.15) is 12.0 Å². The van der Waals surface area contributed by atoms with Crippen molar-refractivity contribution in [3.8, 4) is 6.07 Å². The summed E-state index contributed by atoms with van der Waals surface area (Å²) in [6.45, 7) is 1.15. The summed E-state index contributed by atoms with van der Waals surface area (Å²) in [7, 11) is 0. The summed E-state index contributed by atoms with van der Waals surface area (Å²) in [6.07, 6.45) is 6.35. The maximum atomic E-state index is 9.34. The van der Waals surface area contributed by atoms with E-state index in [0.29, 0.717) is 13.2 Å². The molecule has 2 aromatic heterocycles. The van der Waals surface area contributed by atoms with Crippen LogP contribution in [-0.2, 0) is 10.2 Å². The SMILES string of the molecule is N#CC1(c2ccn3ccnc3c2)CCOC1. The van der Waals surface area contributed by atoms with E-state index >= 15 is 0 Å². The fourth-order valence-corrected chi connectivity index (χ4v) is 2.15. The van der Waals surface area contributed by atoms with E-state index in [4.69, 9.17) is 4.74 Å². The maximum absolute atomic E-state index is 9.34. The summed E-state index contributed by atoms with van der Waals surface area (Å²) in [4.78, 5) is 4.23. The molecule has 0 aromatic carbocycles. The molecular weight excluding hydrogens is 202 g/mol. The van der Waals surface area contributed by atoms with Crippen LogP contribution in [0.3, 0.4) is 0 Å². The first kappa shape index (κ1) is 9.37. The Morgan fingerprint density at radius 3 is 3.19 bits per heavy atom. The molecule has 3 heterocycles. The van der Waals surface area contributed by atoms with Gasteiger partial charge in [0.1, 0.15) is 11.1 Å². The van der Waals surface area contributed by atoms with Gasteiger partial charge in [-0.25, -0.2) is 4.98 Å². The molecule has 80 valence electrons. The highest BCUT2D eigenvalue weighted by molar-refractivity contribution is 5.46. The van der Waals surface area contributed by atoms with Crippen molar-refractivity contribution in [1.29, 1.82) is 5.26 Å². The molecule has 1 saturated heterocycles. The third-order valence-corrected chi connectivity index (χ3v) is 3.19. The van der Waals surface area contributed by atoms with Gasteiger partial charge in [0.15, 0.2) is 0 Å². The summed E-state index contributed by atoms with van der Waals surface area (Å²) in [5.41, 5.74) is 1.40. The van der Waals surface area contributed by atoms with Gasteiger partial charge in [-0.2, -0.15) is 5.26 Å². The molecule has 1 aliphatic rings. The number of pyridine rings is 1. The normalized spacial score (nSPS) is 24.7. The fourth-order valence-electron chi connectivity index (χ4n) is 2.15. The van der Waals surface area contributed by atoms with Gasteiger partial charge in [-0.15, -0.1) is 0 Å². The molecule has 0 amide bonds. The Labute approximate surface area is 93.1 Å². The lowest BCUT2D eigenvalue weighted by molar-refractivity contribution is 0.186. The van der Waals surface area contributed by atoms with Crippen LogP contribution in [0, 0.1) is 11.3 Å². The average molecular weight is 213 g/mol. The lowest BCUT2D eigenvalue weighted by Gasteiger charge is -2.18. The lowest BCUT2D eigenvalue weighted by atomic mass is 9.82. The molecule has 1 atom stereocenters. The molecule has 1 unspecified atom stereocenters. The fraction of sp³-hybridized carbons (Fsp3) is 0.333. The van der Waals surface area contributed by atoms with Crippen LogP contribution >= 0.6 is 0 Å². The molecule has 4 nitrogen and oxygen atoms in total. The number of nitrogens with zero attached hydrogens (tertiary/aromatic N) is 3. The number of rotatable bonds is 1. The number of nitriles is 1. The molecule has 0 aliphatic carbocycles. The Hall–Kier alpha value is -1.86. The molecule has 0 saturated carbocycles. The van der Waals surface area contributed by atoms with E-state index in [1.54, 1.807) is 6.20 Å². The van der Waals surface area contributed by atoms with E-state index in [1.807, 2.05) is 28.9 Å². The number of aromatic nitrogens is 2. The molecule has 0 radical (unpaired) electrons. The van der Waals surface area contributed by atoms with E-state index in [-0.39, 0.29) is 0 Å². The minimum Gasteiger partial charge on any atom is -0.379 e. The van der Waals surface area contributed by atoms with Gasteiger partial charge in [-0.05, 0) is 24.1 Å². The number of imidazole rings is 1. The monoisotopic (exact) mass is 213 g/mol. The van der Waals surface area contributed by atoms with Crippen molar-refractivity contribution in [2.24, 2.45) is 0 Å². The minimum atomic E-state index is -0.478. The van der Waals surface area contributed by atoms with E-state index in [2.05, 4.69) is 11.1 Å². The summed E-state index contributed by atoms with van der Waals surface area (Å²) in [5, 5.41) is 9.34. The van der Waals surface area contributed by atoms with Gasteiger partial charge < -0.3 is 9.14 Å². The first-order valence-electron chi connectivity index (χ1n) is 5.26. The van der Waals surface area contributed by atoms with E-state index in [9.17, 15) is 5.26 Å². The van der Waals surface area contributed by atoms with Crippen LogP contribution < -0.4 is 0 Å². The van der Waals surface area contributed by atoms with Crippen molar-refractivity contribution in [3.05, 3.63) is 36.3 Å². The van der Waals surface area contributed by atoms with E-state index in [1.165, 1.54) is 0 Å². The summed E-state index contributed by atoms with van der Waals surface area (Å²) in [5.74, 6) is 0. The Morgan fingerprint density at radius 2 is 2.44 bits per heavy atom. The molecule has 2 aromatic rings. The molecule has 3 rings (SSSR count). The van der Waals surface area contributed by atoms with Crippen molar-refractivity contribution in [3.63, 3.8) is 0 Å². The topological polar surface area (TPSA) is 50.3 Å². The van der Waals surface area contributed by atoms with E-state index < -0.39 is 5.41 Å². The Balaban J connectivity index is 2.14. The second kappa shape index (κ2) is 3.32. The number of hydrogen-bond acceptors (Lipinski definition) is 3. The molecule has 0 bridgehead atoms. The third kappa shape index (κ3) is 1.22. The molecule has 1 aliphatic heterocycles. The smallest absolute Gasteiger partial charge is 0.136 e. The van der Waals surface area contributed by atoms with Crippen molar-refractivity contribution >= 4 is 5.65 Å². The maximum Gasteiger partial charge on any atom is 0.136 e. The number of fused-ring (bicyclic) bond motifs is 1. The number of ether oxygens (including phenoxy) is 1. The summed E-state index contributed by atoms with van der Waals surface area (Å²) >= 11 is 0. The number of hydrogen-bond donors (Lipinski definition) is 0. The predicted molar refractivity (Wildman–Crippen MR) is 57.9 cm³/mol. The largest absolute Gasteiger partial charge is 0.379 e. The van der Waals surface area contributed by atoms with Crippen molar-refractivity contribution in [2.75, 3.05) is 13.2 Å². The summed E-state index contributed by atoms with van der Waals surface area (Å²) in [6, 6.07) is 6.34. The van der Waals surface area contributed by atoms with Gasteiger partial charge in [-0.3, -0.25) is 0 Å². The summed E-state index contributed by atoms with van der Waals surface area (Å²) < 4.78 is 7.28. The van der Waals surface area contributed by atoms with Crippen molar-refractivity contribution in [2.45, 2.75) is 11.8 Å². The van der Waals surface area contributed by atoms with E-state index in [0.717, 1.165) is 17.6 Å². The molecule has 0 N–H and O–H groups in total. The molecule has 4 heteroatoms. The third-order valence-electron chi connectivity index (χ3n) is 3.19. The molecule has 0 spiro atoms. The van der Waals surface area contributed by atoms with Crippen molar-refractivity contribution in [1.82, 2.24) is 9.38 Å². The second-order valence-corrected chi connectivity index (χ2v) is 4.10. The van der Waals surface area contributed by atoms with Gasteiger partial charge in [-0.1, -0.05) is 0 Å². The molecule has 16 heavy (non-hydrogen) atoms. The highest BCUT2D eigenvalue weighted by Crippen LogP contribution is 2.32. The highest BCUT2D eigenvalue weighted by Gasteiger charge is 2.37. The quantitative estimate of drug-likeness (QED) is 0.721. The van der Waals surface area contributed by atoms with Crippen LogP contribution in [-0.4, -0.2) is 22.6 Å². The second-order valence-electron chi connectivity index (χ2n) is 4.10. The molecular formula is C12H11N3O. The van der Waals surface area contributed by atoms with Crippen LogP contribution in [0.4, 0.5) is 0 Å². The van der Waals surface area contributed by atoms with Crippen LogP contribution in [0.15, 0.2) is 30.7 Å².